The van der Waals surface area contributed by atoms with Crippen molar-refractivity contribution < 1.29 is 14.0 Å². The van der Waals surface area contributed by atoms with E-state index in [1.807, 2.05) is 6.07 Å². The fourth-order valence-electron chi connectivity index (χ4n) is 3.66. The molecule has 1 fully saturated rings. The third-order valence-electron chi connectivity index (χ3n) is 5.33. The molecule has 1 unspecified atom stereocenters. The van der Waals surface area contributed by atoms with Gasteiger partial charge in [0.2, 0.25) is 0 Å². The van der Waals surface area contributed by atoms with Crippen molar-refractivity contribution >= 4 is 29.2 Å². The summed E-state index contributed by atoms with van der Waals surface area (Å²) in [6, 6.07) is 12.4. The van der Waals surface area contributed by atoms with Crippen molar-refractivity contribution in [3.8, 4) is 0 Å². The zero-order chi connectivity index (χ0) is 21.6. The Morgan fingerprint density at radius 1 is 1.26 bits per heavy atom. The summed E-state index contributed by atoms with van der Waals surface area (Å²) in [5.41, 5.74) is 1.79. The number of likely N-dealkylation sites (tertiary alicyclic amines) is 1. The molecule has 0 saturated carbocycles. The van der Waals surface area contributed by atoms with E-state index in [0.29, 0.717) is 24.4 Å². The standard InChI is InChI=1S/C24H25N3O3S/c1-2-19-16-31-23(25-19)18-10-6-12-27(15-18)24(29)21(14-20-11-7-13-30-20)26-22(28)17-8-4-3-5-9-17/h3-5,7-9,11,13-14,16,18H,2,6,10,12,15H2,1H3,(H,26,28)/b21-14-. The van der Waals surface area contributed by atoms with Gasteiger partial charge in [0.1, 0.15) is 11.5 Å². The van der Waals surface area contributed by atoms with Gasteiger partial charge in [-0.3, -0.25) is 9.59 Å². The highest BCUT2D eigenvalue weighted by atomic mass is 32.1. The molecule has 1 N–H and O–H groups in total. The molecule has 0 spiro atoms. The largest absolute Gasteiger partial charge is 0.465 e. The number of furan rings is 1. The summed E-state index contributed by atoms with van der Waals surface area (Å²) >= 11 is 1.67. The molecule has 7 heteroatoms. The lowest BCUT2D eigenvalue weighted by atomic mass is 9.98. The van der Waals surface area contributed by atoms with Crippen molar-refractivity contribution in [2.75, 3.05) is 13.1 Å². The minimum Gasteiger partial charge on any atom is -0.465 e. The number of piperidine rings is 1. The molecule has 1 aliphatic rings. The number of rotatable bonds is 6. The van der Waals surface area contributed by atoms with Crippen molar-refractivity contribution in [1.29, 1.82) is 0 Å². The molecule has 160 valence electrons. The van der Waals surface area contributed by atoms with E-state index in [4.69, 9.17) is 9.40 Å². The lowest BCUT2D eigenvalue weighted by molar-refractivity contribution is -0.128. The van der Waals surface area contributed by atoms with Crippen LogP contribution < -0.4 is 5.32 Å². The SMILES string of the molecule is CCc1csc(C2CCCN(C(=O)/C(=C/c3ccco3)NC(=O)c3ccccc3)C2)n1. The van der Waals surface area contributed by atoms with E-state index in [-0.39, 0.29) is 23.4 Å². The zero-order valence-electron chi connectivity index (χ0n) is 17.4. The fourth-order valence-corrected chi connectivity index (χ4v) is 4.69. The second-order valence-electron chi connectivity index (χ2n) is 7.51. The van der Waals surface area contributed by atoms with Crippen LogP contribution in [-0.4, -0.2) is 34.8 Å². The van der Waals surface area contributed by atoms with Gasteiger partial charge in [-0.25, -0.2) is 4.98 Å². The maximum absolute atomic E-state index is 13.4. The number of thiazole rings is 1. The molecule has 3 heterocycles. The molecular formula is C24H25N3O3S. The van der Waals surface area contributed by atoms with Crippen LogP contribution in [-0.2, 0) is 11.2 Å². The summed E-state index contributed by atoms with van der Waals surface area (Å²) in [6.07, 6.45) is 5.95. The number of benzene rings is 1. The van der Waals surface area contributed by atoms with Gasteiger partial charge in [0.05, 0.1) is 17.0 Å². The summed E-state index contributed by atoms with van der Waals surface area (Å²) in [7, 11) is 0. The Balaban J connectivity index is 1.54. The van der Waals surface area contributed by atoms with Gasteiger partial charge in [0, 0.05) is 36.0 Å². The van der Waals surface area contributed by atoms with Crippen molar-refractivity contribution in [2.45, 2.75) is 32.1 Å². The van der Waals surface area contributed by atoms with Gasteiger partial charge in [0.25, 0.3) is 11.8 Å². The van der Waals surface area contributed by atoms with Crippen LogP contribution in [0.3, 0.4) is 0 Å². The summed E-state index contributed by atoms with van der Waals surface area (Å²) in [5, 5.41) is 5.97. The van der Waals surface area contributed by atoms with Crippen LogP contribution in [0.2, 0.25) is 0 Å². The maximum Gasteiger partial charge on any atom is 0.270 e. The predicted molar refractivity (Wildman–Crippen MR) is 121 cm³/mol. The van der Waals surface area contributed by atoms with Gasteiger partial charge in [-0.1, -0.05) is 25.1 Å². The van der Waals surface area contributed by atoms with Gasteiger partial charge < -0.3 is 14.6 Å². The van der Waals surface area contributed by atoms with Gasteiger partial charge in [-0.15, -0.1) is 11.3 Å². The Hall–Kier alpha value is -3.19. The lowest BCUT2D eigenvalue weighted by Crippen LogP contribution is -2.43. The molecule has 1 atom stereocenters. The molecule has 4 rings (SSSR count). The molecule has 1 aliphatic heterocycles. The number of aromatic nitrogens is 1. The molecule has 2 aromatic heterocycles. The Morgan fingerprint density at radius 3 is 2.81 bits per heavy atom. The summed E-state index contributed by atoms with van der Waals surface area (Å²) < 4.78 is 5.39. The third-order valence-corrected chi connectivity index (χ3v) is 6.39. The summed E-state index contributed by atoms with van der Waals surface area (Å²) in [5.74, 6) is 0.195. The first-order valence-electron chi connectivity index (χ1n) is 10.5. The van der Waals surface area contributed by atoms with Crippen LogP contribution in [0.4, 0.5) is 0 Å². The van der Waals surface area contributed by atoms with Crippen molar-refractivity contribution in [3.63, 3.8) is 0 Å². The molecule has 2 amide bonds. The monoisotopic (exact) mass is 435 g/mol. The quantitative estimate of drug-likeness (QED) is 0.580. The number of carbonyl (C=O) groups excluding carboxylic acids is 2. The Bertz CT molecular complexity index is 1060. The highest BCUT2D eigenvalue weighted by Gasteiger charge is 2.29. The van der Waals surface area contributed by atoms with Crippen molar-refractivity contribution in [1.82, 2.24) is 15.2 Å². The summed E-state index contributed by atoms with van der Waals surface area (Å²) in [4.78, 5) is 32.7. The first kappa shape index (κ1) is 21.1. The highest BCUT2D eigenvalue weighted by Crippen LogP contribution is 2.30. The Morgan fingerprint density at radius 2 is 2.10 bits per heavy atom. The molecule has 1 aromatic carbocycles. The van der Waals surface area contributed by atoms with Crippen molar-refractivity contribution in [3.05, 3.63) is 81.8 Å². The number of carbonyl (C=O) groups is 2. The van der Waals surface area contributed by atoms with Crippen LogP contribution in [0.15, 0.2) is 64.2 Å². The van der Waals surface area contributed by atoms with Gasteiger partial charge in [0.15, 0.2) is 0 Å². The van der Waals surface area contributed by atoms with E-state index in [0.717, 1.165) is 30.0 Å². The van der Waals surface area contributed by atoms with Gasteiger partial charge in [-0.2, -0.15) is 0 Å². The smallest absolute Gasteiger partial charge is 0.270 e. The molecule has 0 radical (unpaired) electrons. The average Bonchev–Trinajstić information content (AvgIpc) is 3.51. The average molecular weight is 436 g/mol. The van der Waals surface area contributed by atoms with E-state index in [2.05, 4.69) is 17.6 Å². The number of hydrogen-bond acceptors (Lipinski definition) is 5. The van der Waals surface area contributed by atoms with Crippen LogP contribution in [0.25, 0.3) is 6.08 Å². The van der Waals surface area contributed by atoms with Crippen LogP contribution in [0, 0.1) is 0 Å². The molecule has 0 bridgehead atoms. The molecule has 1 saturated heterocycles. The van der Waals surface area contributed by atoms with Gasteiger partial charge in [-0.05, 0) is 43.5 Å². The minimum absolute atomic E-state index is 0.206. The van der Waals surface area contributed by atoms with E-state index in [1.165, 1.54) is 6.26 Å². The number of aryl methyl sites for hydroxylation is 1. The van der Waals surface area contributed by atoms with Crippen LogP contribution >= 0.6 is 11.3 Å². The molecule has 31 heavy (non-hydrogen) atoms. The first-order valence-corrected chi connectivity index (χ1v) is 11.4. The summed E-state index contributed by atoms with van der Waals surface area (Å²) in [6.45, 7) is 3.33. The highest BCUT2D eigenvalue weighted by molar-refractivity contribution is 7.09. The van der Waals surface area contributed by atoms with E-state index >= 15 is 0 Å². The number of amides is 2. The molecule has 6 nitrogen and oxygen atoms in total. The number of nitrogens with one attached hydrogen (secondary N) is 1. The van der Waals surface area contributed by atoms with Gasteiger partial charge >= 0.3 is 0 Å². The normalized spacial score (nSPS) is 16.9. The zero-order valence-corrected chi connectivity index (χ0v) is 18.2. The second kappa shape index (κ2) is 9.75. The van der Waals surface area contributed by atoms with E-state index in [1.54, 1.807) is 58.7 Å². The third kappa shape index (κ3) is 5.11. The molecular weight excluding hydrogens is 410 g/mol. The predicted octanol–water partition coefficient (Wildman–Crippen LogP) is 4.48. The van der Waals surface area contributed by atoms with Crippen LogP contribution in [0.1, 0.15) is 52.5 Å². The molecule has 0 aliphatic carbocycles. The topological polar surface area (TPSA) is 75.4 Å². The van der Waals surface area contributed by atoms with Crippen LogP contribution in [0.5, 0.6) is 0 Å². The van der Waals surface area contributed by atoms with E-state index < -0.39 is 0 Å². The minimum atomic E-state index is -0.326. The van der Waals surface area contributed by atoms with E-state index in [9.17, 15) is 9.59 Å². The lowest BCUT2D eigenvalue weighted by Gasteiger charge is -2.32. The maximum atomic E-state index is 13.4. The second-order valence-corrected chi connectivity index (χ2v) is 8.40. The Labute approximate surface area is 185 Å². The van der Waals surface area contributed by atoms with Crippen molar-refractivity contribution in [2.24, 2.45) is 0 Å². The molecule has 3 aromatic rings. The Kier molecular flexibility index (Phi) is 6.62. The number of nitrogens with zero attached hydrogens (tertiary/aromatic N) is 2. The fraction of sp³-hybridized carbons (Fsp3) is 0.292. The first-order chi connectivity index (χ1) is 15.1. The number of hydrogen-bond donors (Lipinski definition) is 1.